The molecule has 0 aliphatic carbocycles. The number of rotatable bonds is 3. The van der Waals surface area contributed by atoms with Crippen molar-refractivity contribution in [3.8, 4) is 0 Å². The van der Waals surface area contributed by atoms with Gasteiger partial charge in [0.05, 0.1) is 23.3 Å². The molecule has 0 saturated carbocycles. The van der Waals surface area contributed by atoms with E-state index >= 15 is 0 Å². The Bertz CT molecular complexity index is 727. The predicted molar refractivity (Wildman–Crippen MR) is 89.2 cm³/mol. The van der Waals surface area contributed by atoms with Crippen LogP contribution in [0.25, 0.3) is 11.0 Å². The summed E-state index contributed by atoms with van der Waals surface area (Å²) in [5, 5.41) is 15.3. The maximum Gasteiger partial charge on any atom is 0.173 e. The van der Waals surface area contributed by atoms with Crippen molar-refractivity contribution >= 4 is 11.0 Å². The van der Waals surface area contributed by atoms with Gasteiger partial charge in [0.25, 0.3) is 0 Å². The Kier molecular flexibility index (Phi) is 5.91. The molecule has 1 aliphatic heterocycles. The lowest BCUT2D eigenvalue weighted by molar-refractivity contribution is 0.370. The van der Waals surface area contributed by atoms with Crippen LogP contribution in [0.3, 0.4) is 0 Å². The van der Waals surface area contributed by atoms with Crippen LogP contribution in [0.1, 0.15) is 25.8 Å². The molecule has 1 aromatic heterocycles. The van der Waals surface area contributed by atoms with E-state index in [0.29, 0.717) is 12.2 Å². The van der Waals surface area contributed by atoms with Gasteiger partial charge in [0.1, 0.15) is 0 Å². The first-order valence-corrected chi connectivity index (χ1v) is 7.60. The second kappa shape index (κ2) is 8.12. The minimum absolute atomic E-state index is 0.0164. The minimum Gasteiger partial charge on any atom is -0.504 e. The predicted octanol–water partition coefficient (Wildman–Crippen LogP) is 3.32. The number of fused-ring (bicyclic) bond motifs is 1. The van der Waals surface area contributed by atoms with Gasteiger partial charge in [-0.05, 0) is 17.7 Å². The number of hydrogen-bond donors (Lipinski definition) is 3. The van der Waals surface area contributed by atoms with Crippen molar-refractivity contribution in [2.75, 3.05) is 6.54 Å². The SMILES string of the molecule is CCC.OC1=C(F)CNC=C1NCc1ccc2nccnc2c1. The highest BCUT2D eigenvalue weighted by molar-refractivity contribution is 5.74. The quantitative estimate of drug-likeness (QED) is 0.810. The summed E-state index contributed by atoms with van der Waals surface area (Å²) in [6.07, 6.45) is 6.08. The zero-order valence-corrected chi connectivity index (χ0v) is 13.3. The van der Waals surface area contributed by atoms with Gasteiger partial charge in [0, 0.05) is 25.1 Å². The average Bonchev–Trinajstić information content (AvgIpc) is 2.57. The van der Waals surface area contributed by atoms with Crippen LogP contribution in [0.4, 0.5) is 4.39 Å². The summed E-state index contributed by atoms with van der Waals surface area (Å²) in [6.45, 7) is 4.72. The molecule has 2 heterocycles. The van der Waals surface area contributed by atoms with Crippen molar-refractivity contribution in [3.63, 3.8) is 0 Å². The number of halogens is 1. The Morgan fingerprint density at radius 3 is 2.65 bits per heavy atom. The molecule has 5 nitrogen and oxygen atoms in total. The van der Waals surface area contributed by atoms with Crippen molar-refractivity contribution < 1.29 is 9.50 Å². The van der Waals surface area contributed by atoms with Gasteiger partial charge in [-0.15, -0.1) is 0 Å². The Labute approximate surface area is 135 Å². The molecular weight excluding hydrogens is 295 g/mol. The third kappa shape index (κ3) is 4.42. The largest absolute Gasteiger partial charge is 0.504 e. The zero-order chi connectivity index (χ0) is 16.7. The van der Waals surface area contributed by atoms with Crippen LogP contribution >= 0.6 is 0 Å². The lowest BCUT2D eigenvalue weighted by atomic mass is 10.2. The highest BCUT2D eigenvalue weighted by atomic mass is 19.1. The van der Waals surface area contributed by atoms with Crippen LogP contribution in [0, 0.1) is 0 Å². The molecule has 0 spiro atoms. The number of hydrogen-bond acceptors (Lipinski definition) is 5. The minimum atomic E-state index is -0.570. The van der Waals surface area contributed by atoms with Crippen molar-refractivity contribution in [1.29, 1.82) is 0 Å². The number of aliphatic hydroxyl groups is 1. The zero-order valence-electron chi connectivity index (χ0n) is 13.3. The molecule has 0 amide bonds. The molecule has 6 heteroatoms. The fourth-order valence-electron chi connectivity index (χ4n) is 1.99. The van der Waals surface area contributed by atoms with E-state index in [9.17, 15) is 9.50 Å². The Balaban J connectivity index is 0.000000595. The monoisotopic (exact) mass is 316 g/mol. The number of nitrogens with zero attached hydrogens (tertiary/aromatic N) is 2. The molecule has 0 fully saturated rings. The second-order valence-electron chi connectivity index (χ2n) is 5.13. The van der Waals surface area contributed by atoms with Gasteiger partial charge in [-0.25, -0.2) is 4.39 Å². The molecule has 1 aliphatic rings. The normalized spacial score (nSPS) is 13.8. The van der Waals surface area contributed by atoms with Crippen LogP contribution in [0.15, 0.2) is 54.1 Å². The molecule has 2 aromatic rings. The van der Waals surface area contributed by atoms with Crippen molar-refractivity contribution in [3.05, 3.63) is 59.6 Å². The van der Waals surface area contributed by atoms with Crippen LogP contribution in [-0.4, -0.2) is 21.6 Å². The third-order valence-corrected chi connectivity index (χ3v) is 3.03. The van der Waals surface area contributed by atoms with Crippen LogP contribution in [0.2, 0.25) is 0 Å². The molecular formula is C17H21FN4O. The average molecular weight is 316 g/mol. The first-order valence-electron chi connectivity index (χ1n) is 7.60. The van der Waals surface area contributed by atoms with E-state index in [2.05, 4.69) is 34.4 Å². The third-order valence-electron chi connectivity index (χ3n) is 3.03. The van der Waals surface area contributed by atoms with Crippen LogP contribution in [0.5, 0.6) is 0 Å². The summed E-state index contributed by atoms with van der Waals surface area (Å²) in [7, 11) is 0. The number of dihydropyridines is 1. The number of aromatic nitrogens is 2. The highest BCUT2D eigenvalue weighted by Gasteiger charge is 2.14. The van der Waals surface area contributed by atoms with E-state index in [4.69, 9.17) is 0 Å². The summed E-state index contributed by atoms with van der Waals surface area (Å²) < 4.78 is 13.2. The van der Waals surface area contributed by atoms with Gasteiger partial charge in [-0.3, -0.25) is 9.97 Å². The maximum absolute atomic E-state index is 13.2. The molecule has 3 rings (SSSR count). The Morgan fingerprint density at radius 1 is 1.22 bits per heavy atom. The molecule has 3 N–H and O–H groups in total. The molecule has 0 radical (unpaired) electrons. The molecule has 23 heavy (non-hydrogen) atoms. The summed E-state index contributed by atoms with van der Waals surface area (Å²) >= 11 is 0. The van der Waals surface area contributed by atoms with E-state index in [-0.39, 0.29) is 12.3 Å². The maximum atomic E-state index is 13.2. The smallest absolute Gasteiger partial charge is 0.173 e. The lowest BCUT2D eigenvalue weighted by Gasteiger charge is -2.16. The first kappa shape index (κ1) is 16.7. The van der Waals surface area contributed by atoms with Gasteiger partial charge in [0.2, 0.25) is 0 Å². The molecule has 0 saturated heterocycles. The summed E-state index contributed by atoms with van der Waals surface area (Å²) in [6, 6.07) is 5.70. The summed E-state index contributed by atoms with van der Waals surface area (Å²) in [5.74, 6) is -0.913. The first-order chi connectivity index (χ1) is 11.2. The van der Waals surface area contributed by atoms with Gasteiger partial charge in [-0.2, -0.15) is 0 Å². The molecule has 0 atom stereocenters. The van der Waals surface area contributed by atoms with E-state index in [1.807, 2.05) is 18.2 Å². The van der Waals surface area contributed by atoms with Gasteiger partial charge >= 0.3 is 0 Å². The highest BCUT2D eigenvalue weighted by Crippen LogP contribution is 2.15. The van der Waals surface area contributed by atoms with Gasteiger partial charge in [-0.1, -0.05) is 26.3 Å². The van der Waals surface area contributed by atoms with Crippen molar-refractivity contribution in [1.82, 2.24) is 20.6 Å². The summed E-state index contributed by atoms with van der Waals surface area (Å²) in [4.78, 5) is 8.42. The van der Waals surface area contributed by atoms with Crippen LogP contribution in [-0.2, 0) is 6.54 Å². The van der Waals surface area contributed by atoms with E-state index in [1.54, 1.807) is 18.6 Å². The fourth-order valence-corrected chi connectivity index (χ4v) is 1.99. The number of aliphatic hydroxyl groups excluding tert-OH is 1. The van der Waals surface area contributed by atoms with Crippen molar-refractivity contribution in [2.24, 2.45) is 0 Å². The van der Waals surface area contributed by atoms with E-state index in [0.717, 1.165) is 16.6 Å². The van der Waals surface area contributed by atoms with Crippen molar-refractivity contribution in [2.45, 2.75) is 26.8 Å². The topological polar surface area (TPSA) is 70.1 Å². The fraction of sp³-hybridized carbons (Fsp3) is 0.294. The van der Waals surface area contributed by atoms with E-state index < -0.39 is 5.83 Å². The molecule has 0 unspecified atom stereocenters. The van der Waals surface area contributed by atoms with Gasteiger partial charge in [0.15, 0.2) is 11.6 Å². The Hall–Kier alpha value is -2.63. The van der Waals surface area contributed by atoms with E-state index in [1.165, 1.54) is 6.42 Å². The van der Waals surface area contributed by atoms with Gasteiger partial charge < -0.3 is 15.7 Å². The lowest BCUT2D eigenvalue weighted by Crippen LogP contribution is -2.24. The summed E-state index contributed by atoms with van der Waals surface area (Å²) in [5.41, 5.74) is 2.93. The standard InChI is InChI=1S/C14H13FN4O.C3H8/c15-10-7-16-8-13(14(10)20)19-6-9-1-2-11-12(5-9)18-4-3-17-11;1-3-2/h1-5,8,16,19-20H,6-7H2;3H2,1-2H3. The van der Waals surface area contributed by atoms with Crippen LogP contribution < -0.4 is 10.6 Å². The Morgan fingerprint density at radius 2 is 1.91 bits per heavy atom. The molecule has 0 bridgehead atoms. The second-order valence-corrected chi connectivity index (χ2v) is 5.13. The molecule has 1 aromatic carbocycles. The number of benzene rings is 1. The number of nitrogens with one attached hydrogen (secondary N) is 2. The molecule has 122 valence electrons.